The fraction of sp³-hybridized carbons (Fsp3) is 0.667. The van der Waals surface area contributed by atoms with Gasteiger partial charge in [-0.2, -0.15) is 0 Å². The highest BCUT2D eigenvalue weighted by molar-refractivity contribution is 5.08. The molecule has 1 N–H and O–H groups in total. The maximum atomic E-state index is 13.3. The van der Waals surface area contributed by atoms with Crippen LogP contribution < -0.4 is 5.32 Å². The Hall–Kier alpha value is -1.10. The SMILES string of the molecule is CNCc1cnc(C2CCCC(F)(F)C2)nc1. The molecule has 1 unspecified atom stereocenters. The Morgan fingerprint density at radius 1 is 1.41 bits per heavy atom. The summed E-state index contributed by atoms with van der Waals surface area (Å²) in [7, 11) is 1.84. The van der Waals surface area contributed by atoms with Crippen molar-refractivity contribution in [2.75, 3.05) is 7.05 Å². The first-order chi connectivity index (χ1) is 8.11. The smallest absolute Gasteiger partial charge is 0.248 e. The summed E-state index contributed by atoms with van der Waals surface area (Å²) in [6.07, 6.45) is 4.64. The van der Waals surface area contributed by atoms with Gasteiger partial charge >= 0.3 is 0 Å². The van der Waals surface area contributed by atoms with E-state index < -0.39 is 5.92 Å². The van der Waals surface area contributed by atoms with Crippen molar-refractivity contribution in [3.05, 3.63) is 23.8 Å². The standard InChI is InChI=1S/C12H17F2N3/c1-15-6-9-7-16-11(17-8-9)10-3-2-4-12(13,14)5-10/h7-8,10,15H,2-6H2,1H3. The van der Waals surface area contributed by atoms with Crippen LogP contribution in [0.25, 0.3) is 0 Å². The molecule has 0 radical (unpaired) electrons. The van der Waals surface area contributed by atoms with Crippen LogP contribution in [0.4, 0.5) is 8.78 Å². The van der Waals surface area contributed by atoms with E-state index in [1.807, 2.05) is 7.05 Å². The van der Waals surface area contributed by atoms with Gasteiger partial charge in [0.05, 0.1) is 0 Å². The second-order valence-electron chi connectivity index (χ2n) is 4.63. The van der Waals surface area contributed by atoms with Gasteiger partial charge in [0.25, 0.3) is 0 Å². The Bertz CT molecular complexity index is 365. The zero-order valence-corrected chi connectivity index (χ0v) is 9.92. The van der Waals surface area contributed by atoms with Crippen LogP contribution in [0.15, 0.2) is 12.4 Å². The zero-order valence-electron chi connectivity index (χ0n) is 9.92. The average molecular weight is 241 g/mol. The summed E-state index contributed by atoms with van der Waals surface area (Å²) in [4.78, 5) is 8.40. The van der Waals surface area contributed by atoms with Crippen LogP contribution in [0, 0.1) is 0 Å². The molecule has 1 aromatic rings. The van der Waals surface area contributed by atoms with Crippen LogP contribution >= 0.6 is 0 Å². The number of nitrogens with one attached hydrogen (secondary N) is 1. The molecular formula is C12H17F2N3. The fourth-order valence-corrected chi connectivity index (χ4v) is 2.26. The fourth-order valence-electron chi connectivity index (χ4n) is 2.26. The summed E-state index contributed by atoms with van der Waals surface area (Å²) in [5.41, 5.74) is 0.971. The van der Waals surface area contributed by atoms with Crippen molar-refractivity contribution in [3.63, 3.8) is 0 Å². The molecule has 3 nitrogen and oxygen atoms in total. The van der Waals surface area contributed by atoms with Crippen LogP contribution in [0.3, 0.4) is 0 Å². The lowest BCUT2D eigenvalue weighted by Crippen LogP contribution is -2.26. The molecule has 94 valence electrons. The van der Waals surface area contributed by atoms with Crippen molar-refractivity contribution < 1.29 is 8.78 Å². The maximum absolute atomic E-state index is 13.3. The Morgan fingerprint density at radius 3 is 2.71 bits per heavy atom. The second-order valence-corrected chi connectivity index (χ2v) is 4.63. The highest BCUT2D eigenvalue weighted by Crippen LogP contribution is 2.40. The molecule has 1 aliphatic rings. The second kappa shape index (κ2) is 5.04. The van der Waals surface area contributed by atoms with Crippen molar-refractivity contribution in [2.24, 2.45) is 0 Å². The minimum Gasteiger partial charge on any atom is -0.316 e. The molecule has 2 rings (SSSR count). The summed E-state index contributed by atoms with van der Waals surface area (Å²) in [6.45, 7) is 0.696. The third kappa shape index (κ3) is 3.19. The lowest BCUT2D eigenvalue weighted by molar-refractivity contribution is -0.0417. The molecule has 1 saturated carbocycles. The van der Waals surface area contributed by atoms with Gasteiger partial charge in [-0.1, -0.05) is 0 Å². The van der Waals surface area contributed by atoms with Crippen LogP contribution in [-0.4, -0.2) is 22.9 Å². The first-order valence-electron chi connectivity index (χ1n) is 5.94. The van der Waals surface area contributed by atoms with Crippen LogP contribution in [0.2, 0.25) is 0 Å². The molecule has 17 heavy (non-hydrogen) atoms. The normalized spacial score (nSPS) is 23.6. The van der Waals surface area contributed by atoms with E-state index in [-0.39, 0.29) is 18.8 Å². The molecule has 0 bridgehead atoms. The molecule has 0 aromatic carbocycles. The molecule has 1 aromatic heterocycles. The lowest BCUT2D eigenvalue weighted by Gasteiger charge is -2.27. The molecule has 0 aliphatic heterocycles. The van der Waals surface area contributed by atoms with Crippen molar-refractivity contribution in [1.29, 1.82) is 0 Å². The van der Waals surface area contributed by atoms with Crippen molar-refractivity contribution in [1.82, 2.24) is 15.3 Å². The topological polar surface area (TPSA) is 37.8 Å². The van der Waals surface area contributed by atoms with E-state index in [4.69, 9.17) is 0 Å². The largest absolute Gasteiger partial charge is 0.316 e. The summed E-state index contributed by atoms with van der Waals surface area (Å²) in [5, 5.41) is 3.00. The highest BCUT2D eigenvalue weighted by atomic mass is 19.3. The first kappa shape index (κ1) is 12.4. The Balaban J connectivity index is 2.06. The van der Waals surface area contributed by atoms with E-state index in [0.29, 0.717) is 18.8 Å². The summed E-state index contributed by atoms with van der Waals surface area (Å²) >= 11 is 0. The van der Waals surface area contributed by atoms with Gasteiger partial charge in [-0.3, -0.25) is 0 Å². The van der Waals surface area contributed by atoms with Gasteiger partial charge in [0.15, 0.2) is 0 Å². The number of alkyl halides is 2. The molecule has 1 fully saturated rings. The van der Waals surface area contributed by atoms with Gasteiger partial charge < -0.3 is 5.32 Å². The molecule has 0 amide bonds. The minimum atomic E-state index is -2.55. The first-order valence-corrected chi connectivity index (χ1v) is 5.94. The van der Waals surface area contributed by atoms with Crippen LogP contribution in [0.1, 0.15) is 43.0 Å². The third-order valence-electron chi connectivity index (χ3n) is 3.11. The molecule has 1 aliphatic carbocycles. The summed E-state index contributed by atoms with van der Waals surface area (Å²) in [6, 6.07) is 0. The molecule has 0 saturated heterocycles. The van der Waals surface area contributed by atoms with E-state index in [1.54, 1.807) is 12.4 Å². The minimum absolute atomic E-state index is 0.00133. The van der Waals surface area contributed by atoms with Gasteiger partial charge in [-0.15, -0.1) is 0 Å². The van der Waals surface area contributed by atoms with E-state index in [1.165, 1.54) is 0 Å². The molecule has 0 spiro atoms. The monoisotopic (exact) mass is 241 g/mol. The molecular weight excluding hydrogens is 224 g/mol. The van der Waals surface area contributed by atoms with Crippen molar-refractivity contribution >= 4 is 0 Å². The predicted octanol–water partition coefficient (Wildman–Crippen LogP) is 2.49. The number of hydrogen-bond donors (Lipinski definition) is 1. The van der Waals surface area contributed by atoms with E-state index in [2.05, 4.69) is 15.3 Å². The number of halogens is 2. The van der Waals surface area contributed by atoms with Gasteiger partial charge in [-0.05, 0) is 19.9 Å². The zero-order chi connectivity index (χ0) is 12.3. The summed E-state index contributed by atoms with van der Waals surface area (Å²) in [5.74, 6) is -2.18. The molecule has 1 atom stereocenters. The van der Waals surface area contributed by atoms with Crippen LogP contribution in [-0.2, 0) is 6.54 Å². The Labute approximate surface area is 99.7 Å². The molecule has 5 heteroatoms. The van der Waals surface area contributed by atoms with E-state index in [0.717, 1.165) is 12.0 Å². The predicted molar refractivity (Wildman–Crippen MR) is 61.0 cm³/mol. The number of rotatable bonds is 3. The van der Waals surface area contributed by atoms with Crippen molar-refractivity contribution in [3.8, 4) is 0 Å². The van der Waals surface area contributed by atoms with Gasteiger partial charge in [0.1, 0.15) is 5.82 Å². The lowest BCUT2D eigenvalue weighted by atomic mass is 9.86. The van der Waals surface area contributed by atoms with E-state index in [9.17, 15) is 8.78 Å². The molecule has 1 heterocycles. The van der Waals surface area contributed by atoms with Crippen molar-refractivity contribution in [2.45, 2.75) is 44.1 Å². The quantitative estimate of drug-likeness (QED) is 0.883. The Morgan fingerprint density at radius 2 is 2.12 bits per heavy atom. The Kier molecular flexibility index (Phi) is 3.66. The number of hydrogen-bond acceptors (Lipinski definition) is 3. The van der Waals surface area contributed by atoms with Gasteiger partial charge in [0.2, 0.25) is 5.92 Å². The van der Waals surface area contributed by atoms with Gasteiger partial charge in [-0.25, -0.2) is 18.7 Å². The van der Waals surface area contributed by atoms with E-state index >= 15 is 0 Å². The van der Waals surface area contributed by atoms with Crippen LogP contribution in [0.5, 0.6) is 0 Å². The average Bonchev–Trinajstić information content (AvgIpc) is 2.29. The third-order valence-corrected chi connectivity index (χ3v) is 3.11. The highest BCUT2D eigenvalue weighted by Gasteiger charge is 2.37. The number of aromatic nitrogens is 2. The maximum Gasteiger partial charge on any atom is 0.248 e. The summed E-state index contributed by atoms with van der Waals surface area (Å²) < 4.78 is 26.5. The van der Waals surface area contributed by atoms with Gasteiger partial charge in [0, 0.05) is 43.3 Å². The number of nitrogens with zero attached hydrogens (tertiary/aromatic N) is 2.